The van der Waals surface area contributed by atoms with Gasteiger partial charge in [-0.05, 0) is 61.8 Å². The van der Waals surface area contributed by atoms with Gasteiger partial charge in [0.1, 0.15) is 6.10 Å². The maximum atomic E-state index is 12.0. The Morgan fingerprint density at radius 1 is 1.15 bits per heavy atom. The van der Waals surface area contributed by atoms with E-state index in [1.165, 1.54) is 17.2 Å². The molecule has 4 heteroatoms. The lowest BCUT2D eigenvalue weighted by molar-refractivity contribution is -0.163. The number of hydrogen-bond donors (Lipinski definition) is 0. The van der Waals surface area contributed by atoms with E-state index in [0.717, 1.165) is 44.3 Å². The maximum absolute atomic E-state index is 12.0. The van der Waals surface area contributed by atoms with Crippen LogP contribution in [0.3, 0.4) is 0 Å². The van der Waals surface area contributed by atoms with Gasteiger partial charge in [0, 0.05) is 13.2 Å². The zero-order valence-electron chi connectivity index (χ0n) is 16.2. The molecule has 1 unspecified atom stereocenters. The van der Waals surface area contributed by atoms with E-state index >= 15 is 0 Å². The second kappa shape index (κ2) is 10.5. The third-order valence-electron chi connectivity index (χ3n) is 5.08. The second-order valence-electron chi connectivity index (χ2n) is 7.21. The Morgan fingerprint density at radius 3 is 2.81 bits per heavy atom. The number of rotatable bonds is 10. The minimum atomic E-state index is -0.352. The van der Waals surface area contributed by atoms with Crippen LogP contribution in [0.5, 0.6) is 0 Å². The van der Waals surface area contributed by atoms with Crippen LogP contribution in [0.1, 0.15) is 51.0 Å². The van der Waals surface area contributed by atoms with Gasteiger partial charge in [0.15, 0.2) is 12.1 Å². The van der Waals surface area contributed by atoms with Gasteiger partial charge in [-0.15, -0.1) is 0 Å². The summed E-state index contributed by atoms with van der Waals surface area (Å²) in [5, 5.41) is 2.38. The Hall–Kier alpha value is -1.75. The average molecular weight is 370 g/mol. The Bertz CT molecular complexity index is 716. The first-order chi connectivity index (χ1) is 13.2. The summed E-state index contributed by atoms with van der Waals surface area (Å²) in [6.07, 6.45) is 5.47. The highest BCUT2D eigenvalue weighted by Crippen LogP contribution is 2.20. The fraction of sp³-hybridized carbons (Fsp3) is 0.522. The molecule has 1 fully saturated rings. The van der Waals surface area contributed by atoms with E-state index < -0.39 is 0 Å². The SMILES string of the molecule is CC(=O)[C@@H](CCCCOC1CCCCO1)OCc1cccc2ccccc12. The number of unbranched alkanes of at least 4 members (excludes halogenated alkanes) is 1. The van der Waals surface area contributed by atoms with Crippen molar-refractivity contribution in [2.24, 2.45) is 0 Å². The number of carbonyl (C=O) groups excluding carboxylic acids is 1. The molecular weight excluding hydrogens is 340 g/mol. The average Bonchev–Trinajstić information content (AvgIpc) is 2.70. The smallest absolute Gasteiger partial charge is 0.158 e. The molecule has 146 valence electrons. The molecule has 0 aliphatic carbocycles. The Morgan fingerprint density at radius 2 is 2.00 bits per heavy atom. The summed E-state index contributed by atoms with van der Waals surface area (Å²) in [5.74, 6) is 0.0896. The molecule has 0 aromatic heterocycles. The van der Waals surface area contributed by atoms with Gasteiger partial charge in [0.2, 0.25) is 0 Å². The maximum Gasteiger partial charge on any atom is 0.158 e. The van der Waals surface area contributed by atoms with E-state index in [2.05, 4.69) is 24.3 Å². The van der Waals surface area contributed by atoms with Crippen LogP contribution in [0.2, 0.25) is 0 Å². The van der Waals surface area contributed by atoms with Crippen molar-refractivity contribution in [1.82, 2.24) is 0 Å². The summed E-state index contributed by atoms with van der Waals surface area (Å²) < 4.78 is 17.3. The molecule has 0 amide bonds. The lowest BCUT2D eigenvalue weighted by Gasteiger charge is -2.22. The molecule has 27 heavy (non-hydrogen) atoms. The largest absolute Gasteiger partial charge is 0.366 e. The number of benzene rings is 2. The summed E-state index contributed by atoms with van der Waals surface area (Å²) in [6.45, 7) is 3.55. The number of ketones is 1. The van der Waals surface area contributed by atoms with E-state index in [-0.39, 0.29) is 18.2 Å². The van der Waals surface area contributed by atoms with Gasteiger partial charge in [-0.3, -0.25) is 4.79 Å². The van der Waals surface area contributed by atoms with Crippen molar-refractivity contribution in [1.29, 1.82) is 0 Å². The molecule has 0 bridgehead atoms. The van der Waals surface area contributed by atoms with Crippen molar-refractivity contribution < 1.29 is 19.0 Å². The van der Waals surface area contributed by atoms with E-state index in [1.54, 1.807) is 6.92 Å². The fourth-order valence-electron chi connectivity index (χ4n) is 3.50. The molecule has 0 radical (unpaired) electrons. The van der Waals surface area contributed by atoms with Crippen molar-refractivity contribution in [2.75, 3.05) is 13.2 Å². The lowest BCUT2D eigenvalue weighted by Crippen LogP contribution is -2.23. The molecule has 3 rings (SSSR count). The first-order valence-corrected chi connectivity index (χ1v) is 10.1. The number of ether oxygens (including phenoxy) is 3. The number of hydrogen-bond acceptors (Lipinski definition) is 4. The van der Waals surface area contributed by atoms with Crippen molar-refractivity contribution in [3.8, 4) is 0 Å². The van der Waals surface area contributed by atoms with Crippen LogP contribution in [0.15, 0.2) is 42.5 Å². The van der Waals surface area contributed by atoms with Gasteiger partial charge in [0.25, 0.3) is 0 Å². The lowest BCUT2D eigenvalue weighted by atomic mass is 10.0. The fourth-order valence-corrected chi connectivity index (χ4v) is 3.50. The van der Waals surface area contributed by atoms with Crippen molar-refractivity contribution in [2.45, 2.75) is 64.4 Å². The number of carbonyl (C=O) groups is 1. The normalized spacial score (nSPS) is 18.5. The van der Waals surface area contributed by atoms with Gasteiger partial charge in [-0.1, -0.05) is 42.5 Å². The van der Waals surface area contributed by atoms with Crippen LogP contribution in [0.4, 0.5) is 0 Å². The standard InChI is InChI=1S/C23H30O4/c1-18(24)22(13-4-6-15-25-23-14-5-7-16-26-23)27-17-20-11-8-10-19-9-2-3-12-21(19)20/h2-3,8-12,22-23H,4-7,13-17H2,1H3/t22-,23?/m1/s1. The van der Waals surface area contributed by atoms with Crippen LogP contribution in [0, 0.1) is 0 Å². The molecule has 0 N–H and O–H groups in total. The summed E-state index contributed by atoms with van der Waals surface area (Å²) >= 11 is 0. The number of Topliss-reactive ketones (excluding diaryl/α,β-unsaturated/α-hetero) is 1. The monoisotopic (exact) mass is 370 g/mol. The van der Waals surface area contributed by atoms with E-state index in [1.807, 2.05) is 18.2 Å². The third kappa shape index (κ3) is 6.13. The highest BCUT2D eigenvalue weighted by molar-refractivity contribution is 5.85. The predicted molar refractivity (Wildman–Crippen MR) is 107 cm³/mol. The summed E-state index contributed by atoms with van der Waals surface area (Å²) in [6, 6.07) is 14.5. The summed E-state index contributed by atoms with van der Waals surface area (Å²) in [5.41, 5.74) is 1.12. The van der Waals surface area contributed by atoms with Gasteiger partial charge in [0.05, 0.1) is 6.61 Å². The first-order valence-electron chi connectivity index (χ1n) is 10.1. The highest BCUT2D eigenvalue weighted by atomic mass is 16.7. The molecular formula is C23H30O4. The Labute approximate surface area is 161 Å². The van der Waals surface area contributed by atoms with E-state index in [9.17, 15) is 4.79 Å². The molecule has 2 aromatic carbocycles. The molecule has 2 atom stereocenters. The molecule has 1 heterocycles. The summed E-state index contributed by atoms with van der Waals surface area (Å²) in [7, 11) is 0. The third-order valence-corrected chi connectivity index (χ3v) is 5.08. The van der Waals surface area contributed by atoms with Crippen LogP contribution in [-0.4, -0.2) is 31.4 Å². The second-order valence-corrected chi connectivity index (χ2v) is 7.21. The van der Waals surface area contributed by atoms with E-state index in [4.69, 9.17) is 14.2 Å². The minimum absolute atomic E-state index is 0.0371. The Kier molecular flexibility index (Phi) is 7.81. The van der Waals surface area contributed by atoms with Gasteiger partial charge >= 0.3 is 0 Å². The highest BCUT2D eigenvalue weighted by Gasteiger charge is 2.16. The van der Waals surface area contributed by atoms with Crippen LogP contribution in [0.25, 0.3) is 10.8 Å². The zero-order valence-corrected chi connectivity index (χ0v) is 16.2. The topological polar surface area (TPSA) is 44.8 Å². The van der Waals surface area contributed by atoms with Crippen molar-refractivity contribution >= 4 is 16.6 Å². The summed E-state index contributed by atoms with van der Waals surface area (Å²) in [4.78, 5) is 12.0. The zero-order chi connectivity index (χ0) is 18.9. The van der Waals surface area contributed by atoms with Crippen LogP contribution in [-0.2, 0) is 25.6 Å². The van der Waals surface area contributed by atoms with Crippen molar-refractivity contribution in [3.63, 3.8) is 0 Å². The van der Waals surface area contributed by atoms with Crippen LogP contribution >= 0.6 is 0 Å². The van der Waals surface area contributed by atoms with E-state index in [0.29, 0.717) is 13.2 Å². The van der Waals surface area contributed by atoms with Gasteiger partial charge in [-0.2, -0.15) is 0 Å². The minimum Gasteiger partial charge on any atom is -0.366 e. The Balaban J connectivity index is 1.43. The molecule has 1 aliphatic rings. The molecule has 0 spiro atoms. The number of fused-ring (bicyclic) bond motifs is 1. The molecule has 0 saturated carbocycles. The van der Waals surface area contributed by atoms with Crippen LogP contribution < -0.4 is 0 Å². The molecule has 4 nitrogen and oxygen atoms in total. The quantitative estimate of drug-likeness (QED) is 0.550. The molecule has 1 aliphatic heterocycles. The first kappa shape index (κ1) is 20.0. The van der Waals surface area contributed by atoms with Gasteiger partial charge in [-0.25, -0.2) is 0 Å². The predicted octanol–water partition coefficient (Wildman–Crippen LogP) is 5.03. The molecule has 2 aromatic rings. The van der Waals surface area contributed by atoms with Crippen molar-refractivity contribution in [3.05, 3.63) is 48.0 Å². The van der Waals surface area contributed by atoms with Gasteiger partial charge < -0.3 is 14.2 Å². The molecule has 1 saturated heterocycles.